The van der Waals surface area contributed by atoms with Gasteiger partial charge in [0, 0.05) is 11.9 Å². The zero-order valence-corrected chi connectivity index (χ0v) is 8.30. The lowest BCUT2D eigenvalue weighted by molar-refractivity contribution is 1.52. The molecule has 0 aliphatic rings. The molecule has 0 bridgehead atoms. The van der Waals surface area contributed by atoms with Crippen LogP contribution in [0.4, 0.5) is 11.4 Å². The Morgan fingerprint density at radius 3 is 2.20 bits per heavy atom. The molecule has 0 saturated carbocycles. The quantitative estimate of drug-likeness (QED) is 0.582. The summed E-state index contributed by atoms with van der Waals surface area (Å²) in [6, 6.07) is 17.5. The SMILES string of the molecule is Nc1ccc(N=Cc2ccccc2)cc1. The topological polar surface area (TPSA) is 38.4 Å². The van der Waals surface area contributed by atoms with Crippen LogP contribution < -0.4 is 5.73 Å². The molecule has 0 spiro atoms. The summed E-state index contributed by atoms with van der Waals surface area (Å²) in [5.41, 5.74) is 8.34. The van der Waals surface area contributed by atoms with Crippen LogP contribution in [0.3, 0.4) is 0 Å². The molecule has 0 unspecified atom stereocenters. The highest BCUT2D eigenvalue weighted by atomic mass is 14.7. The van der Waals surface area contributed by atoms with Gasteiger partial charge in [0.1, 0.15) is 0 Å². The minimum absolute atomic E-state index is 0.758. The van der Waals surface area contributed by atoms with Gasteiger partial charge in [0.05, 0.1) is 5.69 Å². The third-order valence-corrected chi connectivity index (χ3v) is 2.06. The highest BCUT2D eigenvalue weighted by Crippen LogP contribution is 2.13. The molecule has 0 heterocycles. The normalized spacial score (nSPS) is 10.7. The average molecular weight is 196 g/mol. The maximum Gasteiger partial charge on any atom is 0.0631 e. The van der Waals surface area contributed by atoms with Gasteiger partial charge in [-0.1, -0.05) is 30.3 Å². The van der Waals surface area contributed by atoms with Crippen LogP contribution in [-0.4, -0.2) is 6.21 Å². The van der Waals surface area contributed by atoms with Gasteiger partial charge in [-0.15, -0.1) is 0 Å². The number of nitrogen functional groups attached to an aromatic ring is 1. The summed E-state index contributed by atoms with van der Waals surface area (Å²) in [4.78, 5) is 4.34. The number of hydrogen-bond donors (Lipinski definition) is 1. The number of anilines is 1. The summed E-state index contributed by atoms with van der Waals surface area (Å²) in [7, 11) is 0. The van der Waals surface area contributed by atoms with Crippen LogP contribution in [0.15, 0.2) is 59.6 Å². The molecule has 0 aliphatic carbocycles. The maximum atomic E-state index is 5.58. The molecule has 0 atom stereocenters. The van der Waals surface area contributed by atoms with Crippen molar-refractivity contribution in [1.29, 1.82) is 0 Å². The van der Waals surface area contributed by atoms with Crippen molar-refractivity contribution >= 4 is 17.6 Å². The standard InChI is InChI=1S/C13H12N2/c14-12-6-8-13(9-7-12)15-10-11-4-2-1-3-5-11/h1-10H,14H2. The number of nitrogens with two attached hydrogens (primary N) is 1. The molecule has 2 aromatic carbocycles. The second-order valence-electron chi connectivity index (χ2n) is 3.26. The molecule has 0 aliphatic heterocycles. The van der Waals surface area contributed by atoms with Gasteiger partial charge in [-0.2, -0.15) is 0 Å². The van der Waals surface area contributed by atoms with E-state index in [0.29, 0.717) is 0 Å². The Bertz CT molecular complexity index is 444. The van der Waals surface area contributed by atoms with Crippen molar-refractivity contribution in [2.75, 3.05) is 5.73 Å². The zero-order chi connectivity index (χ0) is 10.5. The zero-order valence-electron chi connectivity index (χ0n) is 8.30. The Labute approximate surface area is 89.1 Å². The van der Waals surface area contributed by atoms with Crippen LogP contribution in [0.2, 0.25) is 0 Å². The van der Waals surface area contributed by atoms with Crippen LogP contribution in [-0.2, 0) is 0 Å². The van der Waals surface area contributed by atoms with E-state index in [2.05, 4.69) is 4.99 Å². The first-order valence-electron chi connectivity index (χ1n) is 4.79. The predicted molar refractivity (Wildman–Crippen MR) is 64.6 cm³/mol. The van der Waals surface area contributed by atoms with E-state index in [4.69, 9.17) is 5.73 Å². The van der Waals surface area contributed by atoms with Crippen molar-refractivity contribution in [3.05, 3.63) is 60.2 Å². The Hall–Kier alpha value is -2.09. The summed E-state index contributed by atoms with van der Waals surface area (Å²) < 4.78 is 0. The Balaban J connectivity index is 2.15. The van der Waals surface area contributed by atoms with E-state index in [1.165, 1.54) is 0 Å². The lowest BCUT2D eigenvalue weighted by atomic mass is 10.2. The highest BCUT2D eigenvalue weighted by molar-refractivity contribution is 5.81. The molecule has 2 N–H and O–H groups in total. The molecule has 0 amide bonds. The second kappa shape index (κ2) is 4.42. The van der Waals surface area contributed by atoms with Crippen molar-refractivity contribution < 1.29 is 0 Å². The smallest absolute Gasteiger partial charge is 0.0631 e. The molecule has 2 nitrogen and oxygen atoms in total. The summed E-state index contributed by atoms with van der Waals surface area (Å²) in [5, 5.41) is 0. The molecule has 0 aromatic heterocycles. The molecule has 2 aromatic rings. The van der Waals surface area contributed by atoms with Crippen molar-refractivity contribution in [3.63, 3.8) is 0 Å². The molecule has 2 heteroatoms. The lowest BCUT2D eigenvalue weighted by Crippen LogP contribution is -1.82. The van der Waals surface area contributed by atoms with Crippen LogP contribution in [0.1, 0.15) is 5.56 Å². The largest absolute Gasteiger partial charge is 0.399 e. The summed E-state index contributed by atoms with van der Waals surface area (Å²) in [5.74, 6) is 0. The van der Waals surface area contributed by atoms with Crippen LogP contribution in [0.25, 0.3) is 0 Å². The molecular weight excluding hydrogens is 184 g/mol. The first kappa shape index (κ1) is 9.46. The van der Waals surface area contributed by atoms with Crippen LogP contribution in [0, 0.1) is 0 Å². The first-order chi connectivity index (χ1) is 7.34. The number of rotatable bonds is 2. The second-order valence-corrected chi connectivity index (χ2v) is 3.26. The number of aliphatic imine (C=N–C) groups is 1. The van der Waals surface area contributed by atoms with E-state index in [0.717, 1.165) is 16.9 Å². The molecule has 0 fully saturated rings. The van der Waals surface area contributed by atoms with Crippen molar-refractivity contribution in [2.45, 2.75) is 0 Å². The maximum absolute atomic E-state index is 5.58. The fourth-order valence-corrected chi connectivity index (χ4v) is 1.25. The Kier molecular flexibility index (Phi) is 2.79. The van der Waals surface area contributed by atoms with Crippen molar-refractivity contribution in [3.8, 4) is 0 Å². The Morgan fingerprint density at radius 2 is 1.53 bits per heavy atom. The molecule has 0 radical (unpaired) electrons. The van der Waals surface area contributed by atoms with Gasteiger partial charge in [0.2, 0.25) is 0 Å². The number of benzene rings is 2. The monoisotopic (exact) mass is 196 g/mol. The molecular formula is C13H12N2. The van der Waals surface area contributed by atoms with Gasteiger partial charge < -0.3 is 5.73 Å². The van der Waals surface area contributed by atoms with Gasteiger partial charge in [-0.3, -0.25) is 4.99 Å². The molecule has 74 valence electrons. The van der Waals surface area contributed by atoms with Gasteiger partial charge in [0.15, 0.2) is 0 Å². The van der Waals surface area contributed by atoms with Gasteiger partial charge >= 0.3 is 0 Å². The van der Waals surface area contributed by atoms with E-state index >= 15 is 0 Å². The van der Waals surface area contributed by atoms with Gasteiger partial charge in [-0.05, 0) is 29.8 Å². The number of hydrogen-bond acceptors (Lipinski definition) is 2. The van der Waals surface area contributed by atoms with Gasteiger partial charge in [0.25, 0.3) is 0 Å². The van der Waals surface area contributed by atoms with E-state index in [-0.39, 0.29) is 0 Å². The van der Waals surface area contributed by atoms with Crippen LogP contribution in [0.5, 0.6) is 0 Å². The summed E-state index contributed by atoms with van der Waals surface area (Å²) in [6.07, 6.45) is 1.84. The third-order valence-electron chi connectivity index (χ3n) is 2.06. The van der Waals surface area contributed by atoms with E-state index in [9.17, 15) is 0 Å². The first-order valence-corrected chi connectivity index (χ1v) is 4.79. The lowest BCUT2D eigenvalue weighted by Gasteiger charge is -1.94. The van der Waals surface area contributed by atoms with E-state index < -0.39 is 0 Å². The third kappa shape index (κ3) is 2.68. The average Bonchev–Trinajstić information content (AvgIpc) is 2.30. The van der Waals surface area contributed by atoms with Crippen LogP contribution >= 0.6 is 0 Å². The molecule has 0 saturated heterocycles. The molecule has 2 rings (SSSR count). The summed E-state index contributed by atoms with van der Waals surface area (Å²) in [6.45, 7) is 0. The van der Waals surface area contributed by atoms with E-state index in [1.807, 2.05) is 60.8 Å². The van der Waals surface area contributed by atoms with Crippen molar-refractivity contribution in [2.24, 2.45) is 4.99 Å². The minimum Gasteiger partial charge on any atom is -0.399 e. The fourth-order valence-electron chi connectivity index (χ4n) is 1.25. The number of nitrogens with zero attached hydrogens (tertiary/aromatic N) is 1. The Morgan fingerprint density at radius 1 is 0.867 bits per heavy atom. The fraction of sp³-hybridized carbons (Fsp3) is 0. The predicted octanol–water partition coefficient (Wildman–Crippen LogP) is 3.02. The highest BCUT2D eigenvalue weighted by Gasteiger charge is 1.88. The van der Waals surface area contributed by atoms with E-state index in [1.54, 1.807) is 0 Å². The van der Waals surface area contributed by atoms with Gasteiger partial charge in [-0.25, -0.2) is 0 Å². The van der Waals surface area contributed by atoms with Crippen molar-refractivity contribution in [1.82, 2.24) is 0 Å². The molecule has 15 heavy (non-hydrogen) atoms. The summed E-state index contributed by atoms with van der Waals surface area (Å²) >= 11 is 0. The minimum atomic E-state index is 0.758.